The highest BCUT2D eigenvalue weighted by Crippen LogP contribution is 2.17. The number of rotatable bonds is 5. The predicted octanol–water partition coefficient (Wildman–Crippen LogP) is 2.78. The maximum absolute atomic E-state index is 9.77. The van der Waals surface area contributed by atoms with E-state index < -0.39 is 6.10 Å². The van der Waals surface area contributed by atoms with Crippen LogP contribution in [0.15, 0.2) is 36.0 Å². The van der Waals surface area contributed by atoms with Crippen LogP contribution in [0.2, 0.25) is 5.02 Å². The average Bonchev–Trinajstić information content (AvgIpc) is 2.79. The van der Waals surface area contributed by atoms with Gasteiger partial charge in [-0.3, -0.25) is 4.98 Å². The Morgan fingerprint density at radius 3 is 3.06 bits per heavy atom. The molecule has 90 valence electrons. The highest BCUT2D eigenvalue weighted by Gasteiger charge is 2.08. The lowest BCUT2D eigenvalue weighted by atomic mass is 10.2. The molecule has 0 saturated carbocycles. The topological polar surface area (TPSA) is 42.4 Å². The molecule has 0 bridgehead atoms. The summed E-state index contributed by atoms with van der Waals surface area (Å²) in [6.45, 7) is 0.248. The van der Waals surface area contributed by atoms with Gasteiger partial charge in [0.2, 0.25) is 0 Å². The van der Waals surface area contributed by atoms with Crippen molar-refractivity contribution in [2.75, 3.05) is 6.61 Å². The largest absolute Gasteiger partial charge is 0.491 e. The monoisotopic (exact) mass is 269 g/mol. The van der Waals surface area contributed by atoms with Gasteiger partial charge in [-0.05, 0) is 18.2 Å². The molecule has 1 unspecified atom stereocenters. The van der Waals surface area contributed by atoms with E-state index >= 15 is 0 Å². The number of ether oxygens (including phenoxy) is 1. The summed E-state index contributed by atoms with van der Waals surface area (Å²) < 4.78 is 5.45. The highest BCUT2D eigenvalue weighted by molar-refractivity contribution is 7.09. The van der Waals surface area contributed by atoms with E-state index in [0.717, 1.165) is 4.88 Å². The Kier molecular flexibility index (Phi) is 4.36. The molecule has 1 aromatic carbocycles. The van der Waals surface area contributed by atoms with Crippen molar-refractivity contribution in [3.05, 3.63) is 45.9 Å². The van der Waals surface area contributed by atoms with Gasteiger partial charge in [-0.25, -0.2) is 0 Å². The van der Waals surface area contributed by atoms with Gasteiger partial charge in [-0.15, -0.1) is 11.3 Å². The van der Waals surface area contributed by atoms with E-state index in [1.54, 1.807) is 23.8 Å². The average molecular weight is 270 g/mol. The normalized spacial score (nSPS) is 12.4. The zero-order valence-corrected chi connectivity index (χ0v) is 10.6. The molecule has 0 radical (unpaired) electrons. The number of halogens is 1. The first kappa shape index (κ1) is 12.4. The first-order chi connectivity index (χ1) is 8.24. The molecular weight excluding hydrogens is 258 g/mol. The van der Waals surface area contributed by atoms with Crippen LogP contribution in [0.5, 0.6) is 5.75 Å². The first-order valence-electron chi connectivity index (χ1n) is 5.18. The Labute approximate surface area is 109 Å². The van der Waals surface area contributed by atoms with E-state index in [9.17, 15) is 5.11 Å². The van der Waals surface area contributed by atoms with Gasteiger partial charge < -0.3 is 9.84 Å². The molecule has 0 spiro atoms. The maximum Gasteiger partial charge on any atom is 0.120 e. The van der Waals surface area contributed by atoms with Crippen molar-refractivity contribution < 1.29 is 9.84 Å². The Balaban J connectivity index is 1.82. The zero-order chi connectivity index (χ0) is 12.1. The molecule has 1 atom stereocenters. The molecule has 0 amide bonds. The number of hydrogen-bond acceptors (Lipinski definition) is 4. The third-order valence-corrected chi connectivity index (χ3v) is 3.20. The molecule has 5 heteroatoms. The van der Waals surface area contributed by atoms with Gasteiger partial charge >= 0.3 is 0 Å². The summed E-state index contributed by atoms with van der Waals surface area (Å²) in [5.74, 6) is 0.667. The van der Waals surface area contributed by atoms with Crippen molar-refractivity contribution in [1.29, 1.82) is 0 Å². The fourth-order valence-electron chi connectivity index (χ4n) is 1.38. The van der Waals surface area contributed by atoms with E-state index in [1.165, 1.54) is 11.3 Å². The first-order valence-corrected chi connectivity index (χ1v) is 6.43. The van der Waals surface area contributed by atoms with Crippen molar-refractivity contribution in [1.82, 2.24) is 4.98 Å². The standard InChI is InChI=1S/C12H12ClNO2S/c13-9-2-1-3-11(4-9)16-7-10(15)5-12-6-14-8-17-12/h1-4,6,8,10,15H,5,7H2. The molecule has 17 heavy (non-hydrogen) atoms. The molecule has 2 aromatic rings. The van der Waals surface area contributed by atoms with Crippen LogP contribution in [0.4, 0.5) is 0 Å². The Morgan fingerprint density at radius 1 is 1.47 bits per heavy atom. The molecule has 0 aliphatic carbocycles. The highest BCUT2D eigenvalue weighted by atomic mass is 35.5. The zero-order valence-electron chi connectivity index (χ0n) is 9.04. The number of thiazole rings is 1. The van der Waals surface area contributed by atoms with Gasteiger partial charge in [-0.2, -0.15) is 0 Å². The minimum Gasteiger partial charge on any atom is -0.491 e. The second kappa shape index (κ2) is 6.00. The SMILES string of the molecule is OC(COc1cccc(Cl)c1)Cc1cncs1. The number of nitrogens with zero attached hydrogens (tertiary/aromatic N) is 1. The van der Waals surface area contributed by atoms with Crippen LogP contribution in [0.1, 0.15) is 4.88 Å². The van der Waals surface area contributed by atoms with Crippen LogP contribution in [0, 0.1) is 0 Å². The summed E-state index contributed by atoms with van der Waals surface area (Å²) in [6, 6.07) is 7.13. The molecule has 3 nitrogen and oxygen atoms in total. The van der Waals surface area contributed by atoms with Crippen LogP contribution >= 0.6 is 22.9 Å². The molecular formula is C12H12ClNO2S. The van der Waals surface area contributed by atoms with E-state index in [2.05, 4.69) is 4.98 Å². The quantitative estimate of drug-likeness (QED) is 0.908. The summed E-state index contributed by atoms with van der Waals surface area (Å²) in [5.41, 5.74) is 1.75. The summed E-state index contributed by atoms with van der Waals surface area (Å²) >= 11 is 7.35. The van der Waals surface area contributed by atoms with Crippen molar-refractivity contribution >= 4 is 22.9 Å². The summed E-state index contributed by atoms with van der Waals surface area (Å²) in [4.78, 5) is 5.00. The van der Waals surface area contributed by atoms with Gasteiger partial charge in [0.05, 0.1) is 11.6 Å². The van der Waals surface area contributed by atoms with Gasteiger partial charge in [-0.1, -0.05) is 17.7 Å². The van der Waals surface area contributed by atoms with Crippen molar-refractivity contribution in [3.8, 4) is 5.75 Å². The Bertz CT molecular complexity index is 461. The van der Waals surface area contributed by atoms with Crippen LogP contribution in [0.3, 0.4) is 0 Å². The van der Waals surface area contributed by atoms with Crippen molar-refractivity contribution in [2.24, 2.45) is 0 Å². The van der Waals surface area contributed by atoms with Gasteiger partial charge in [0.1, 0.15) is 12.4 Å². The molecule has 0 aliphatic rings. The van der Waals surface area contributed by atoms with Gasteiger partial charge in [0.25, 0.3) is 0 Å². The Hall–Kier alpha value is -1.10. The second-order valence-corrected chi connectivity index (χ2v) is 5.00. The van der Waals surface area contributed by atoms with E-state index in [4.69, 9.17) is 16.3 Å². The van der Waals surface area contributed by atoms with E-state index in [-0.39, 0.29) is 6.61 Å². The molecule has 1 heterocycles. The molecule has 0 aliphatic heterocycles. The molecule has 1 aromatic heterocycles. The van der Waals surface area contributed by atoms with Crippen LogP contribution in [0.25, 0.3) is 0 Å². The summed E-state index contributed by atoms with van der Waals surface area (Å²) in [5, 5.41) is 10.4. The number of aromatic nitrogens is 1. The molecule has 0 saturated heterocycles. The predicted molar refractivity (Wildman–Crippen MR) is 68.8 cm³/mol. The fraction of sp³-hybridized carbons (Fsp3) is 0.250. The lowest BCUT2D eigenvalue weighted by molar-refractivity contribution is 0.108. The van der Waals surface area contributed by atoms with Crippen LogP contribution < -0.4 is 4.74 Å². The van der Waals surface area contributed by atoms with E-state index in [1.807, 2.05) is 12.1 Å². The number of hydrogen-bond donors (Lipinski definition) is 1. The minimum absolute atomic E-state index is 0.248. The smallest absolute Gasteiger partial charge is 0.120 e. The second-order valence-electron chi connectivity index (χ2n) is 3.59. The van der Waals surface area contributed by atoms with Gasteiger partial charge in [0.15, 0.2) is 0 Å². The van der Waals surface area contributed by atoms with Gasteiger partial charge in [0, 0.05) is 22.5 Å². The summed E-state index contributed by atoms with van der Waals surface area (Å²) in [6.07, 6.45) is 1.79. The number of benzene rings is 1. The lowest BCUT2D eigenvalue weighted by Crippen LogP contribution is -2.19. The lowest BCUT2D eigenvalue weighted by Gasteiger charge is -2.11. The molecule has 2 rings (SSSR count). The Morgan fingerprint density at radius 2 is 2.35 bits per heavy atom. The number of aliphatic hydroxyl groups excluding tert-OH is 1. The number of aliphatic hydroxyl groups is 1. The van der Waals surface area contributed by atoms with Crippen molar-refractivity contribution in [3.63, 3.8) is 0 Å². The fourth-order valence-corrected chi connectivity index (χ4v) is 2.23. The molecule has 0 fully saturated rings. The maximum atomic E-state index is 9.77. The molecule has 1 N–H and O–H groups in total. The van der Waals surface area contributed by atoms with E-state index in [0.29, 0.717) is 17.2 Å². The minimum atomic E-state index is -0.533. The van der Waals surface area contributed by atoms with Crippen LogP contribution in [-0.2, 0) is 6.42 Å². The van der Waals surface area contributed by atoms with Crippen molar-refractivity contribution in [2.45, 2.75) is 12.5 Å². The van der Waals surface area contributed by atoms with Crippen LogP contribution in [-0.4, -0.2) is 22.8 Å². The third kappa shape index (κ3) is 4.00. The summed E-state index contributed by atoms with van der Waals surface area (Å²) in [7, 11) is 0. The third-order valence-electron chi connectivity index (χ3n) is 2.16.